The number of quaternary nitrogens is 1. The van der Waals surface area contributed by atoms with Crippen molar-refractivity contribution in [2.45, 2.75) is 31.8 Å². The van der Waals surface area contributed by atoms with Crippen LogP contribution in [0, 0.1) is 0 Å². The second kappa shape index (κ2) is 15.0. The summed E-state index contributed by atoms with van der Waals surface area (Å²) in [5.41, 5.74) is 10.4. The zero-order valence-corrected chi connectivity index (χ0v) is 19.6. The van der Waals surface area contributed by atoms with Gasteiger partial charge in [0.1, 0.15) is 12.1 Å². The van der Waals surface area contributed by atoms with Crippen molar-refractivity contribution in [1.82, 2.24) is 10.6 Å². The average molecular weight is 509 g/mol. The van der Waals surface area contributed by atoms with Gasteiger partial charge in [0.15, 0.2) is 5.17 Å². The normalized spacial score (nSPS) is 13.0. The molecule has 1 aromatic rings. The first-order valence-electron chi connectivity index (χ1n) is 10.2. The number of aliphatic carboxylic acids is 2. The van der Waals surface area contributed by atoms with E-state index < -0.39 is 42.4 Å². The summed E-state index contributed by atoms with van der Waals surface area (Å²) in [7, 11) is 0. The van der Waals surface area contributed by atoms with Crippen molar-refractivity contribution in [2.24, 2.45) is 15.9 Å². The van der Waals surface area contributed by atoms with Gasteiger partial charge in [-0.15, -0.1) is 5.10 Å². The molecular formula is C20H26N7O7S-. The molecule has 0 fully saturated rings. The van der Waals surface area contributed by atoms with Crippen LogP contribution < -0.4 is 37.6 Å². The molecule has 35 heavy (non-hydrogen) atoms. The van der Waals surface area contributed by atoms with Crippen molar-refractivity contribution in [3.8, 4) is 0 Å². The van der Waals surface area contributed by atoms with Gasteiger partial charge in [-0.3, -0.25) is 14.4 Å². The lowest BCUT2D eigenvalue weighted by molar-refractivity contribution is -0.438. The third kappa shape index (κ3) is 12.7. The van der Waals surface area contributed by atoms with Crippen LogP contribution >= 0.6 is 11.8 Å². The Balaban J connectivity index is 2.71. The fraction of sp³-hybridized carbons (Fsp3) is 0.350. The number of thioether (sulfide) groups is 1. The largest absolute Gasteiger partial charge is 0.548 e. The number of nitrogens with zero attached hydrogens (tertiary/aromatic N) is 2. The minimum absolute atomic E-state index is 0.0437. The lowest BCUT2D eigenvalue weighted by Gasteiger charge is -2.18. The van der Waals surface area contributed by atoms with E-state index in [1.165, 1.54) is 13.1 Å². The van der Waals surface area contributed by atoms with Crippen LogP contribution in [0.5, 0.6) is 0 Å². The van der Waals surface area contributed by atoms with Crippen molar-refractivity contribution in [2.75, 3.05) is 17.6 Å². The summed E-state index contributed by atoms with van der Waals surface area (Å²) in [6.45, 7) is 0.624. The zero-order chi connectivity index (χ0) is 26.4. The summed E-state index contributed by atoms with van der Waals surface area (Å²) in [5, 5.41) is 36.0. The van der Waals surface area contributed by atoms with E-state index in [1.807, 2.05) is 0 Å². The molecule has 8 N–H and O–H groups in total. The summed E-state index contributed by atoms with van der Waals surface area (Å²) < 4.78 is 0. The van der Waals surface area contributed by atoms with E-state index in [4.69, 9.17) is 5.73 Å². The quantitative estimate of drug-likeness (QED) is 0.0977. The van der Waals surface area contributed by atoms with E-state index in [0.717, 1.165) is 11.8 Å². The van der Waals surface area contributed by atoms with Gasteiger partial charge in [0.25, 0.3) is 0 Å². The van der Waals surface area contributed by atoms with Crippen LogP contribution in [-0.2, 0) is 24.0 Å². The number of hydrogen-bond donors (Lipinski definition) is 5. The van der Waals surface area contributed by atoms with Crippen LogP contribution in [0.1, 0.15) is 25.3 Å². The molecule has 0 aromatic heterocycles. The first kappa shape index (κ1) is 29.1. The van der Waals surface area contributed by atoms with Crippen LogP contribution in [-0.4, -0.2) is 65.4 Å². The molecule has 190 valence electrons. The average Bonchev–Trinajstić information content (AvgIpc) is 2.79. The molecule has 3 amide bonds. The van der Waals surface area contributed by atoms with Gasteiger partial charge in [-0.25, -0.2) is 0 Å². The number of benzene rings is 1. The second-order valence-electron chi connectivity index (χ2n) is 7.06. The number of carbonyl (C=O) groups excluding carboxylic acids is 5. The highest BCUT2D eigenvalue weighted by atomic mass is 32.2. The molecule has 0 unspecified atom stereocenters. The monoisotopic (exact) mass is 508 g/mol. The summed E-state index contributed by atoms with van der Waals surface area (Å²) in [4.78, 5) is 56.7. The molecule has 1 rings (SSSR count). The molecule has 0 radical (unpaired) electrons. The number of nitrogens with one attached hydrogen (secondary N) is 3. The van der Waals surface area contributed by atoms with Gasteiger partial charge in [0, 0.05) is 31.2 Å². The molecule has 0 aliphatic rings. The van der Waals surface area contributed by atoms with Crippen molar-refractivity contribution in [3.63, 3.8) is 0 Å². The van der Waals surface area contributed by atoms with Gasteiger partial charge in [0.2, 0.25) is 17.7 Å². The van der Waals surface area contributed by atoms with Gasteiger partial charge >= 0.3 is 0 Å². The van der Waals surface area contributed by atoms with Crippen molar-refractivity contribution in [1.29, 1.82) is 0 Å². The van der Waals surface area contributed by atoms with E-state index in [2.05, 4.69) is 31.9 Å². The fourth-order valence-electron chi connectivity index (χ4n) is 2.36. The third-order valence-corrected chi connectivity index (χ3v) is 4.98. The second-order valence-corrected chi connectivity index (χ2v) is 8.10. The molecule has 0 bridgehead atoms. The van der Waals surface area contributed by atoms with Gasteiger partial charge in [0.05, 0.1) is 24.7 Å². The number of amides is 3. The minimum Gasteiger partial charge on any atom is -0.548 e. The summed E-state index contributed by atoms with van der Waals surface area (Å²) in [6.07, 6.45) is 1.05. The molecule has 14 nitrogen and oxygen atoms in total. The summed E-state index contributed by atoms with van der Waals surface area (Å²) in [6, 6.07) is 4.43. The lowest BCUT2D eigenvalue weighted by Crippen LogP contribution is -2.68. The number of rotatable bonds is 13. The maximum Gasteiger partial charge on any atom is 0.243 e. The van der Waals surface area contributed by atoms with Gasteiger partial charge in [-0.05, 0) is 17.7 Å². The maximum absolute atomic E-state index is 12.3. The van der Waals surface area contributed by atoms with Gasteiger partial charge in [-0.1, -0.05) is 23.9 Å². The molecule has 1 aromatic carbocycles. The van der Waals surface area contributed by atoms with E-state index in [9.17, 15) is 34.2 Å². The predicted molar refractivity (Wildman–Crippen MR) is 123 cm³/mol. The van der Waals surface area contributed by atoms with Crippen molar-refractivity contribution in [3.05, 3.63) is 29.8 Å². The van der Waals surface area contributed by atoms with E-state index in [0.29, 0.717) is 11.3 Å². The van der Waals surface area contributed by atoms with Crippen molar-refractivity contribution >= 4 is 58.5 Å². The first-order chi connectivity index (χ1) is 16.5. The molecular weight excluding hydrogens is 482 g/mol. The molecule has 2 atom stereocenters. The van der Waals surface area contributed by atoms with Gasteiger partial charge in [-0.2, -0.15) is 5.10 Å². The predicted octanol–water partition coefficient (Wildman–Crippen LogP) is -4.48. The highest BCUT2D eigenvalue weighted by Crippen LogP contribution is 2.09. The fourth-order valence-corrected chi connectivity index (χ4v) is 3.04. The molecule has 0 aliphatic carbocycles. The SMILES string of the molecule is CC(=O)Nc1ccc(/C=N/N=C(/N)SC[C@H](NC(=O)CC[C@H]([NH3+])C(=O)[O-])C(=O)NCC(=O)[O-])cc1. The highest BCUT2D eigenvalue weighted by molar-refractivity contribution is 8.13. The number of carbonyl (C=O) groups is 5. The lowest BCUT2D eigenvalue weighted by atomic mass is 10.1. The molecule has 15 heteroatoms. The first-order valence-corrected chi connectivity index (χ1v) is 11.1. The number of hydrogen-bond acceptors (Lipinski definition) is 10. The summed E-state index contributed by atoms with van der Waals surface area (Å²) in [5.74, 6) is -4.71. The number of carboxylic acids is 2. The number of anilines is 1. The molecule has 0 heterocycles. The Labute approximate surface area is 204 Å². The Hall–Kier alpha value is -3.98. The Morgan fingerprint density at radius 2 is 1.83 bits per heavy atom. The van der Waals surface area contributed by atoms with Crippen LogP contribution in [0.2, 0.25) is 0 Å². The van der Waals surface area contributed by atoms with Crippen molar-refractivity contribution < 1.29 is 39.9 Å². The Bertz CT molecular complexity index is 983. The molecule has 0 saturated heterocycles. The van der Waals surface area contributed by atoms with E-state index in [-0.39, 0.29) is 29.7 Å². The molecule has 0 aliphatic heterocycles. The Kier molecular flexibility index (Phi) is 12.5. The van der Waals surface area contributed by atoms with E-state index in [1.54, 1.807) is 24.3 Å². The smallest absolute Gasteiger partial charge is 0.243 e. The molecule has 0 spiro atoms. The number of nitrogens with two attached hydrogens (primary N) is 1. The van der Waals surface area contributed by atoms with E-state index >= 15 is 0 Å². The standard InChI is InChI=1S/C20H27N7O7S/c1-11(28)25-13-4-2-12(3-5-13)8-24-27-20(22)35-10-15(18(32)23-9-17(30)31)26-16(29)7-6-14(21)19(33)34/h2-5,8,14-15H,6-7,9-10,21H2,1H3,(H2,22,27)(H,23,32)(H,25,28)(H,26,29)(H,30,31)(H,33,34)/p-1/b24-8+/t14-,15-/m0/s1. The van der Waals surface area contributed by atoms with Crippen LogP contribution in [0.25, 0.3) is 0 Å². The third-order valence-electron chi connectivity index (χ3n) is 4.10. The maximum atomic E-state index is 12.3. The minimum atomic E-state index is -1.52. The molecule has 0 saturated carbocycles. The van der Waals surface area contributed by atoms with Crippen LogP contribution in [0.3, 0.4) is 0 Å². The topological polar surface area (TPSA) is 246 Å². The number of carboxylic acid groups (broad SMARTS) is 2. The Morgan fingerprint density at radius 3 is 2.40 bits per heavy atom. The number of amidine groups is 1. The van der Waals surface area contributed by atoms with Crippen LogP contribution in [0.4, 0.5) is 5.69 Å². The van der Waals surface area contributed by atoms with Crippen LogP contribution in [0.15, 0.2) is 34.5 Å². The Morgan fingerprint density at radius 1 is 1.17 bits per heavy atom. The summed E-state index contributed by atoms with van der Waals surface area (Å²) >= 11 is 0.874. The van der Waals surface area contributed by atoms with Gasteiger partial charge < -0.3 is 47.2 Å². The highest BCUT2D eigenvalue weighted by Gasteiger charge is 2.22. The zero-order valence-electron chi connectivity index (χ0n) is 18.8.